The van der Waals surface area contributed by atoms with Gasteiger partial charge in [-0.1, -0.05) is 47.4 Å². The predicted octanol–water partition coefficient (Wildman–Crippen LogP) is 1.72. The van der Waals surface area contributed by atoms with Gasteiger partial charge in [-0.3, -0.25) is 29.0 Å². The molecule has 0 bridgehead atoms. The molecule has 3 aliphatic rings. The van der Waals surface area contributed by atoms with Gasteiger partial charge in [-0.15, -0.1) is 22.0 Å². The van der Waals surface area contributed by atoms with Crippen LogP contribution >= 0.6 is 47.1 Å². The van der Waals surface area contributed by atoms with Gasteiger partial charge in [0.1, 0.15) is 28.2 Å². The summed E-state index contributed by atoms with van der Waals surface area (Å²) in [6.07, 6.45) is 0.492. The molecular weight excluding hydrogens is 677 g/mol. The number of aromatic nitrogens is 2. The largest absolute Gasteiger partial charge is 0.480 e. The van der Waals surface area contributed by atoms with Crippen LogP contribution in [-0.2, 0) is 25.6 Å². The highest BCUT2D eigenvalue weighted by atomic mass is 32.2. The lowest BCUT2D eigenvalue weighted by atomic mass is 10.0. The lowest BCUT2D eigenvalue weighted by Gasteiger charge is -2.49. The van der Waals surface area contributed by atoms with Gasteiger partial charge in [0.15, 0.2) is 4.34 Å². The number of nitrogens with one attached hydrogen (secondary N) is 1. The molecule has 1 unspecified atom stereocenters. The molecule has 14 nitrogen and oxygen atoms in total. The standard InChI is InChI=1S/C28H28N6O8S4/c1-32(2)19(35)10-18-30-31-28(46-18)45-12-13-11-44-25-20(24(38)34(25)21(13)27(41)42)29-17(43)9-5-8-16(26(39)40)33-22(36)14-6-3-4-7-15(14)23(33)37/h3-4,6-7,16,20,25H,5,8-12H2,1-2H3,(H,29,43)(H,39,40)(H,41,42)/t16-,20?,25-/m1/s1. The first-order chi connectivity index (χ1) is 21.9. The second-order valence-electron chi connectivity index (χ2n) is 10.7. The number of β-lactam (4-membered cyclic amide) rings is 1. The summed E-state index contributed by atoms with van der Waals surface area (Å²) < 4.78 is 0.582. The fraction of sp³-hybridized carbons (Fsp3) is 0.393. The van der Waals surface area contributed by atoms with Crippen molar-refractivity contribution in [2.24, 2.45) is 0 Å². The Labute approximate surface area is 280 Å². The summed E-state index contributed by atoms with van der Waals surface area (Å²) in [6, 6.07) is 4.03. The van der Waals surface area contributed by atoms with Crippen molar-refractivity contribution in [3.63, 3.8) is 0 Å². The van der Waals surface area contributed by atoms with Crippen molar-refractivity contribution in [1.29, 1.82) is 0 Å². The fourth-order valence-corrected chi connectivity index (χ4v) is 8.80. The maximum atomic E-state index is 13.1. The minimum absolute atomic E-state index is 0.0411. The molecule has 46 heavy (non-hydrogen) atoms. The summed E-state index contributed by atoms with van der Waals surface area (Å²) in [6.45, 7) is 0. The van der Waals surface area contributed by atoms with E-state index >= 15 is 0 Å². The van der Waals surface area contributed by atoms with Crippen LogP contribution < -0.4 is 5.32 Å². The molecule has 3 aliphatic heterocycles. The van der Waals surface area contributed by atoms with Gasteiger partial charge in [-0.05, 0) is 37.0 Å². The first-order valence-electron chi connectivity index (χ1n) is 13.9. The van der Waals surface area contributed by atoms with E-state index in [-0.39, 0.29) is 59.2 Å². The van der Waals surface area contributed by atoms with Gasteiger partial charge >= 0.3 is 11.9 Å². The van der Waals surface area contributed by atoms with Crippen LogP contribution in [0.2, 0.25) is 0 Å². The molecule has 1 saturated heterocycles. The molecule has 0 radical (unpaired) electrons. The van der Waals surface area contributed by atoms with Crippen LogP contribution in [0.25, 0.3) is 0 Å². The summed E-state index contributed by atoms with van der Waals surface area (Å²) in [5, 5.41) is 30.9. The topological polar surface area (TPSA) is 190 Å². The van der Waals surface area contributed by atoms with Crippen LogP contribution in [0.15, 0.2) is 39.9 Å². The van der Waals surface area contributed by atoms with Gasteiger partial charge in [0.2, 0.25) is 5.91 Å². The zero-order valence-corrected chi connectivity index (χ0v) is 27.8. The minimum atomic E-state index is -1.38. The number of aliphatic carboxylic acids is 2. The number of carboxylic acids is 2. The number of likely N-dealkylation sites (N-methyl/N-ethyl adjacent to an activating group) is 1. The van der Waals surface area contributed by atoms with E-state index in [9.17, 15) is 39.0 Å². The number of amides is 4. The van der Waals surface area contributed by atoms with E-state index in [2.05, 4.69) is 15.5 Å². The van der Waals surface area contributed by atoms with E-state index in [1.54, 1.807) is 26.2 Å². The van der Waals surface area contributed by atoms with Crippen molar-refractivity contribution in [3.05, 3.63) is 51.7 Å². The zero-order chi connectivity index (χ0) is 33.3. The smallest absolute Gasteiger partial charge is 0.352 e. The molecule has 18 heteroatoms. The Bertz CT molecular complexity index is 1640. The number of thioether (sulfide) groups is 2. The van der Waals surface area contributed by atoms with E-state index in [0.29, 0.717) is 20.7 Å². The minimum Gasteiger partial charge on any atom is -0.480 e. The van der Waals surface area contributed by atoms with Gasteiger partial charge in [0.25, 0.3) is 17.7 Å². The van der Waals surface area contributed by atoms with Crippen molar-refractivity contribution in [2.45, 2.75) is 47.5 Å². The third-order valence-electron chi connectivity index (χ3n) is 7.49. The number of carboxylic acid groups (broad SMARTS) is 2. The fourth-order valence-electron chi connectivity index (χ4n) is 5.15. The molecule has 1 aromatic carbocycles. The van der Waals surface area contributed by atoms with Crippen LogP contribution in [0, 0.1) is 0 Å². The van der Waals surface area contributed by atoms with Crippen LogP contribution in [0.4, 0.5) is 0 Å². The van der Waals surface area contributed by atoms with Crippen molar-refractivity contribution in [2.75, 3.05) is 25.6 Å². The zero-order valence-electron chi connectivity index (χ0n) is 24.5. The van der Waals surface area contributed by atoms with Gasteiger partial charge in [0, 0.05) is 25.6 Å². The highest BCUT2D eigenvalue weighted by Gasteiger charge is 2.53. The summed E-state index contributed by atoms with van der Waals surface area (Å²) in [4.78, 5) is 78.6. The molecule has 3 N–H and O–H groups in total. The van der Waals surface area contributed by atoms with Crippen LogP contribution in [0.3, 0.4) is 0 Å². The van der Waals surface area contributed by atoms with Crippen molar-refractivity contribution in [3.8, 4) is 0 Å². The molecule has 1 fully saturated rings. The number of imide groups is 1. The average molecular weight is 705 g/mol. The van der Waals surface area contributed by atoms with Crippen molar-refractivity contribution >= 4 is 87.6 Å². The van der Waals surface area contributed by atoms with Crippen molar-refractivity contribution < 1.29 is 39.0 Å². The summed E-state index contributed by atoms with van der Waals surface area (Å²) >= 11 is 9.36. The molecule has 0 saturated carbocycles. The monoisotopic (exact) mass is 704 g/mol. The lowest BCUT2D eigenvalue weighted by Crippen LogP contribution is -2.70. The second-order valence-corrected chi connectivity index (χ2v) is 14.6. The summed E-state index contributed by atoms with van der Waals surface area (Å²) in [5.74, 6) is -3.78. The van der Waals surface area contributed by atoms with Crippen LogP contribution in [-0.4, -0.2) is 119 Å². The third kappa shape index (κ3) is 6.65. The van der Waals surface area contributed by atoms with Gasteiger partial charge in [-0.2, -0.15) is 0 Å². The molecule has 5 rings (SSSR count). The molecule has 1 aromatic heterocycles. The van der Waals surface area contributed by atoms with Gasteiger partial charge in [-0.25, -0.2) is 9.59 Å². The quantitative estimate of drug-likeness (QED) is 0.118. The number of thiocarbonyl (C=S) groups is 1. The molecule has 4 amide bonds. The Kier molecular flexibility index (Phi) is 10.1. The first kappa shape index (κ1) is 33.5. The number of benzene rings is 1. The average Bonchev–Trinajstić information content (AvgIpc) is 3.57. The Morgan fingerprint density at radius 3 is 2.41 bits per heavy atom. The SMILES string of the molecule is CN(C)C(=O)Cc1nnc(SCC2=C(C(=O)O)N3C(=O)C(NC(=S)CCC[C@H](C(=O)O)N4C(=O)c5ccccc5C4=O)[C@H]3SC2)s1. The number of nitrogens with zero attached hydrogens (tertiary/aromatic N) is 5. The Morgan fingerprint density at radius 2 is 1.80 bits per heavy atom. The van der Waals surface area contributed by atoms with Crippen molar-refractivity contribution in [1.82, 2.24) is 30.2 Å². The number of fused-ring (bicyclic) bond motifs is 2. The number of carbonyl (C=O) groups is 6. The Balaban J connectivity index is 1.15. The molecule has 2 aromatic rings. The molecule has 3 atom stereocenters. The molecule has 0 spiro atoms. The third-order valence-corrected chi connectivity index (χ3v) is 11.3. The van der Waals surface area contributed by atoms with Gasteiger partial charge < -0.3 is 20.4 Å². The highest BCUT2D eigenvalue weighted by molar-refractivity contribution is 8.01. The predicted molar refractivity (Wildman–Crippen MR) is 173 cm³/mol. The van der Waals surface area contributed by atoms with E-state index in [0.717, 1.165) is 4.90 Å². The van der Waals surface area contributed by atoms with Gasteiger partial charge in [0.05, 0.1) is 22.5 Å². The summed E-state index contributed by atoms with van der Waals surface area (Å²) in [5.41, 5.74) is 0.798. The Hall–Kier alpha value is -3.87. The molecule has 0 aliphatic carbocycles. The highest BCUT2D eigenvalue weighted by Crippen LogP contribution is 2.42. The first-order valence-corrected chi connectivity index (χ1v) is 17.2. The lowest BCUT2D eigenvalue weighted by molar-refractivity contribution is -0.148. The number of carbonyl (C=O) groups excluding carboxylic acids is 4. The van der Waals surface area contributed by atoms with E-state index in [4.69, 9.17) is 12.2 Å². The molecular formula is C28H28N6O8S4. The van der Waals surface area contributed by atoms with E-state index < -0.39 is 47.1 Å². The number of hydrogen-bond donors (Lipinski definition) is 3. The normalized spacial score (nSPS) is 19.4. The Morgan fingerprint density at radius 1 is 1.13 bits per heavy atom. The number of rotatable bonds is 13. The van der Waals surface area contributed by atoms with E-state index in [1.807, 2.05) is 0 Å². The maximum absolute atomic E-state index is 13.1. The van der Waals surface area contributed by atoms with E-state index in [1.165, 1.54) is 56.8 Å². The van der Waals surface area contributed by atoms with Crippen LogP contribution in [0.5, 0.6) is 0 Å². The maximum Gasteiger partial charge on any atom is 0.352 e. The summed E-state index contributed by atoms with van der Waals surface area (Å²) in [7, 11) is 3.30. The number of hydrogen-bond acceptors (Lipinski definition) is 12. The molecule has 242 valence electrons. The molecule has 4 heterocycles. The second kappa shape index (κ2) is 13.9. The van der Waals surface area contributed by atoms with Crippen LogP contribution in [0.1, 0.15) is 45.0 Å².